The number of piperidine rings is 1. The van der Waals surface area contributed by atoms with E-state index < -0.39 is 0 Å². The highest BCUT2D eigenvalue weighted by molar-refractivity contribution is 5.85. The molecule has 18 heavy (non-hydrogen) atoms. The summed E-state index contributed by atoms with van der Waals surface area (Å²) < 4.78 is 0. The molecule has 1 aromatic rings. The summed E-state index contributed by atoms with van der Waals surface area (Å²) in [5.41, 5.74) is 1.43. The van der Waals surface area contributed by atoms with E-state index in [-0.39, 0.29) is 30.2 Å². The van der Waals surface area contributed by atoms with Gasteiger partial charge in [-0.1, -0.05) is 20.8 Å². The van der Waals surface area contributed by atoms with Crippen molar-refractivity contribution in [2.75, 3.05) is 13.1 Å². The van der Waals surface area contributed by atoms with Crippen LogP contribution in [0, 0.1) is 5.92 Å². The highest BCUT2D eigenvalue weighted by Crippen LogP contribution is 2.22. The minimum Gasteiger partial charge on any atom is -0.345 e. The number of aromatic amines is 1. The molecule has 0 radical (unpaired) electrons. The van der Waals surface area contributed by atoms with E-state index in [4.69, 9.17) is 0 Å². The van der Waals surface area contributed by atoms with Crippen LogP contribution in [0.3, 0.4) is 0 Å². The second-order valence-electron chi connectivity index (χ2n) is 5.89. The van der Waals surface area contributed by atoms with E-state index in [0.717, 1.165) is 31.3 Å². The molecule has 3 nitrogen and oxygen atoms in total. The molecule has 1 saturated heterocycles. The largest absolute Gasteiger partial charge is 0.345 e. The molecule has 0 aromatic carbocycles. The van der Waals surface area contributed by atoms with E-state index in [9.17, 15) is 0 Å². The summed E-state index contributed by atoms with van der Waals surface area (Å²) in [6, 6.07) is 0. The van der Waals surface area contributed by atoms with Gasteiger partial charge in [-0.2, -0.15) is 0 Å². The standard InChI is InChI=1S/C13H23N3.2ClH/c1-13(2,3)11-9-15-12(16-11)8-10-4-6-14-7-5-10;;/h9-10,14H,4-8H2,1-3H3,(H,15,16);2*1H. The Hall–Kier alpha value is -0.250. The van der Waals surface area contributed by atoms with Crippen molar-refractivity contribution in [1.29, 1.82) is 0 Å². The molecule has 0 spiro atoms. The van der Waals surface area contributed by atoms with Gasteiger partial charge >= 0.3 is 0 Å². The first-order chi connectivity index (χ1) is 7.55. The molecule has 2 N–H and O–H groups in total. The Morgan fingerprint density at radius 3 is 2.33 bits per heavy atom. The van der Waals surface area contributed by atoms with Crippen molar-refractivity contribution < 1.29 is 0 Å². The number of hydrogen-bond acceptors (Lipinski definition) is 2. The lowest BCUT2D eigenvalue weighted by Gasteiger charge is -2.21. The zero-order valence-electron chi connectivity index (χ0n) is 11.5. The van der Waals surface area contributed by atoms with Crippen molar-refractivity contribution in [2.24, 2.45) is 5.92 Å². The Morgan fingerprint density at radius 2 is 1.83 bits per heavy atom. The normalized spacial score (nSPS) is 16.8. The third-order valence-electron chi connectivity index (χ3n) is 3.38. The summed E-state index contributed by atoms with van der Waals surface area (Å²) in [4.78, 5) is 7.97. The number of rotatable bonds is 2. The van der Waals surface area contributed by atoms with Crippen LogP contribution >= 0.6 is 24.8 Å². The van der Waals surface area contributed by atoms with Gasteiger partial charge in [-0.15, -0.1) is 24.8 Å². The molecule has 1 fully saturated rings. The molecule has 2 heterocycles. The molecule has 0 bridgehead atoms. The Balaban J connectivity index is 0.00000144. The minimum absolute atomic E-state index is 0. The van der Waals surface area contributed by atoms with Gasteiger partial charge in [0.1, 0.15) is 5.82 Å². The number of H-pyrrole nitrogens is 1. The number of imidazole rings is 1. The molecular formula is C13H25Cl2N3. The lowest BCUT2D eigenvalue weighted by Crippen LogP contribution is -2.28. The van der Waals surface area contributed by atoms with Gasteiger partial charge in [0, 0.05) is 23.7 Å². The maximum Gasteiger partial charge on any atom is 0.106 e. The molecular weight excluding hydrogens is 269 g/mol. The summed E-state index contributed by atoms with van der Waals surface area (Å²) in [6.07, 6.45) is 5.67. The number of hydrogen-bond donors (Lipinski definition) is 2. The van der Waals surface area contributed by atoms with E-state index in [1.54, 1.807) is 0 Å². The zero-order valence-corrected chi connectivity index (χ0v) is 13.1. The van der Waals surface area contributed by atoms with Gasteiger partial charge in [0.05, 0.1) is 0 Å². The van der Waals surface area contributed by atoms with Crippen LogP contribution in [0.2, 0.25) is 0 Å². The molecule has 0 atom stereocenters. The van der Waals surface area contributed by atoms with Crippen LogP contribution in [0.25, 0.3) is 0 Å². The smallest absolute Gasteiger partial charge is 0.106 e. The first-order valence-electron chi connectivity index (χ1n) is 6.31. The minimum atomic E-state index is 0. The summed E-state index contributed by atoms with van der Waals surface area (Å²) >= 11 is 0. The highest BCUT2D eigenvalue weighted by Gasteiger charge is 2.19. The molecule has 2 rings (SSSR count). The van der Waals surface area contributed by atoms with Gasteiger partial charge in [-0.05, 0) is 31.8 Å². The molecule has 0 saturated carbocycles. The topological polar surface area (TPSA) is 40.7 Å². The van der Waals surface area contributed by atoms with Crippen molar-refractivity contribution in [3.05, 3.63) is 17.7 Å². The average molecular weight is 294 g/mol. The fourth-order valence-electron chi connectivity index (χ4n) is 2.21. The third-order valence-corrected chi connectivity index (χ3v) is 3.38. The molecule has 106 valence electrons. The van der Waals surface area contributed by atoms with Crippen LogP contribution in [-0.2, 0) is 11.8 Å². The van der Waals surface area contributed by atoms with Crippen LogP contribution in [-0.4, -0.2) is 23.1 Å². The monoisotopic (exact) mass is 293 g/mol. The van der Waals surface area contributed by atoms with Gasteiger partial charge in [0.15, 0.2) is 0 Å². The predicted molar refractivity (Wildman–Crippen MR) is 81.1 cm³/mol. The van der Waals surface area contributed by atoms with Gasteiger partial charge in [-0.25, -0.2) is 4.98 Å². The van der Waals surface area contributed by atoms with Crippen LogP contribution < -0.4 is 5.32 Å². The molecule has 5 heteroatoms. The van der Waals surface area contributed by atoms with E-state index in [2.05, 4.69) is 36.1 Å². The van der Waals surface area contributed by atoms with Gasteiger partial charge < -0.3 is 10.3 Å². The van der Waals surface area contributed by atoms with Gasteiger partial charge in [-0.3, -0.25) is 0 Å². The maximum atomic E-state index is 4.50. The molecule has 1 aliphatic heterocycles. The van der Waals surface area contributed by atoms with Crippen LogP contribution in [0.15, 0.2) is 6.20 Å². The van der Waals surface area contributed by atoms with Crippen LogP contribution in [0.4, 0.5) is 0 Å². The number of aromatic nitrogens is 2. The first kappa shape index (κ1) is 17.8. The summed E-state index contributed by atoms with van der Waals surface area (Å²) in [6.45, 7) is 8.98. The maximum absolute atomic E-state index is 4.50. The van der Waals surface area contributed by atoms with E-state index in [0.29, 0.717) is 0 Å². The van der Waals surface area contributed by atoms with Crippen molar-refractivity contribution in [1.82, 2.24) is 15.3 Å². The van der Waals surface area contributed by atoms with Gasteiger partial charge in [0.2, 0.25) is 0 Å². The van der Waals surface area contributed by atoms with Crippen molar-refractivity contribution in [3.8, 4) is 0 Å². The average Bonchev–Trinajstić information content (AvgIpc) is 2.67. The van der Waals surface area contributed by atoms with E-state index in [1.165, 1.54) is 18.5 Å². The number of halogens is 2. The fraction of sp³-hybridized carbons (Fsp3) is 0.769. The van der Waals surface area contributed by atoms with E-state index in [1.807, 2.05) is 6.20 Å². The molecule has 1 aromatic heterocycles. The Labute approximate surface area is 122 Å². The Kier molecular flexibility index (Phi) is 7.26. The first-order valence-corrected chi connectivity index (χ1v) is 6.31. The van der Waals surface area contributed by atoms with Crippen molar-refractivity contribution in [2.45, 2.75) is 45.4 Å². The van der Waals surface area contributed by atoms with E-state index >= 15 is 0 Å². The number of nitrogens with one attached hydrogen (secondary N) is 2. The second-order valence-corrected chi connectivity index (χ2v) is 5.89. The lowest BCUT2D eigenvalue weighted by molar-refractivity contribution is 0.367. The summed E-state index contributed by atoms with van der Waals surface area (Å²) in [5, 5.41) is 3.40. The van der Waals surface area contributed by atoms with Gasteiger partial charge in [0.25, 0.3) is 0 Å². The van der Waals surface area contributed by atoms with Crippen molar-refractivity contribution in [3.63, 3.8) is 0 Å². The Morgan fingerprint density at radius 1 is 1.22 bits per heavy atom. The molecule has 0 unspecified atom stereocenters. The molecule has 1 aliphatic rings. The lowest BCUT2D eigenvalue weighted by atomic mass is 9.93. The second kappa shape index (κ2) is 7.37. The third kappa shape index (κ3) is 4.79. The summed E-state index contributed by atoms with van der Waals surface area (Å²) in [7, 11) is 0. The van der Waals surface area contributed by atoms with Crippen LogP contribution in [0.5, 0.6) is 0 Å². The SMILES string of the molecule is CC(C)(C)c1cnc(CC2CCNCC2)[nH]1.Cl.Cl. The molecule has 0 aliphatic carbocycles. The summed E-state index contributed by atoms with van der Waals surface area (Å²) in [5.74, 6) is 1.97. The van der Waals surface area contributed by atoms with Crippen molar-refractivity contribution >= 4 is 24.8 Å². The zero-order chi connectivity index (χ0) is 11.6. The fourth-order valence-corrected chi connectivity index (χ4v) is 2.21. The molecule has 0 amide bonds. The highest BCUT2D eigenvalue weighted by atomic mass is 35.5. The quantitative estimate of drug-likeness (QED) is 0.880. The number of nitrogens with zero attached hydrogens (tertiary/aromatic N) is 1. The van der Waals surface area contributed by atoms with Crippen LogP contribution in [0.1, 0.15) is 45.1 Å². The predicted octanol–water partition coefficient (Wildman–Crippen LogP) is 3.09. The Bertz CT molecular complexity index is 338.